The number of ether oxygens (including phenoxy) is 1. The lowest BCUT2D eigenvalue weighted by Gasteiger charge is -2.42. The SMILES string of the molecule is COC(=O)C1(C(F)(F)F)CC(C)=CCN1S(C)(=O)=O. The molecule has 1 aliphatic heterocycles. The molecular formula is C10H14F3NO4S. The molecule has 1 unspecified atom stereocenters. The van der Waals surface area contributed by atoms with Gasteiger partial charge in [-0.15, -0.1) is 0 Å². The average molecular weight is 301 g/mol. The first kappa shape index (κ1) is 16.0. The zero-order valence-electron chi connectivity index (χ0n) is 10.6. The number of alkyl halides is 3. The molecule has 0 aromatic carbocycles. The molecule has 0 saturated carbocycles. The largest absolute Gasteiger partial charge is 0.467 e. The van der Waals surface area contributed by atoms with Crippen molar-refractivity contribution in [2.45, 2.75) is 25.1 Å². The van der Waals surface area contributed by atoms with Crippen LogP contribution in [-0.2, 0) is 19.6 Å². The molecule has 0 amide bonds. The van der Waals surface area contributed by atoms with E-state index in [1.165, 1.54) is 13.0 Å². The number of halogens is 3. The van der Waals surface area contributed by atoms with Crippen LogP contribution in [0.15, 0.2) is 11.6 Å². The van der Waals surface area contributed by atoms with Gasteiger partial charge in [-0.25, -0.2) is 13.2 Å². The molecule has 0 bridgehead atoms. The highest BCUT2D eigenvalue weighted by atomic mass is 32.2. The molecule has 0 fully saturated rings. The van der Waals surface area contributed by atoms with Gasteiger partial charge in [0.1, 0.15) is 0 Å². The predicted molar refractivity (Wildman–Crippen MR) is 60.7 cm³/mol. The highest BCUT2D eigenvalue weighted by molar-refractivity contribution is 7.88. The molecule has 9 heteroatoms. The van der Waals surface area contributed by atoms with Crippen molar-refractivity contribution in [3.05, 3.63) is 11.6 Å². The Morgan fingerprint density at radius 2 is 2.00 bits per heavy atom. The Hall–Kier alpha value is -1.09. The summed E-state index contributed by atoms with van der Waals surface area (Å²) in [5, 5.41) is 0. The van der Waals surface area contributed by atoms with E-state index in [1.54, 1.807) is 0 Å². The van der Waals surface area contributed by atoms with Gasteiger partial charge in [0.2, 0.25) is 15.6 Å². The maximum atomic E-state index is 13.4. The minimum Gasteiger partial charge on any atom is -0.467 e. The number of nitrogens with zero attached hydrogens (tertiary/aromatic N) is 1. The van der Waals surface area contributed by atoms with E-state index in [2.05, 4.69) is 4.74 Å². The fraction of sp³-hybridized carbons (Fsp3) is 0.700. The van der Waals surface area contributed by atoms with Crippen molar-refractivity contribution in [1.82, 2.24) is 4.31 Å². The fourth-order valence-electron chi connectivity index (χ4n) is 2.08. The smallest absolute Gasteiger partial charge is 0.418 e. The molecule has 1 atom stereocenters. The first-order valence-electron chi connectivity index (χ1n) is 5.25. The second kappa shape index (κ2) is 4.78. The molecule has 5 nitrogen and oxygen atoms in total. The minimum atomic E-state index is -5.07. The molecule has 110 valence electrons. The Bertz CT molecular complexity index is 511. The average Bonchev–Trinajstić information content (AvgIpc) is 2.24. The lowest BCUT2D eigenvalue weighted by molar-refractivity contribution is -0.227. The van der Waals surface area contributed by atoms with Gasteiger partial charge in [-0.2, -0.15) is 17.5 Å². The van der Waals surface area contributed by atoms with Gasteiger partial charge in [-0.3, -0.25) is 0 Å². The van der Waals surface area contributed by atoms with Gasteiger partial charge in [-0.1, -0.05) is 11.6 Å². The summed E-state index contributed by atoms with van der Waals surface area (Å²) >= 11 is 0. The van der Waals surface area contributed by atoms with Gasteiger partial charge in [0.05, 0.1) is 13.4 Å². The number of rotatable bonds is 2. The molecule has 0 aliphatic carbocycles. The number of methoxy groups -OCH3 is 1. The van der Waals surface area contributed by atoms with Crippen molar-refractivity contribution in [3.63, 3.8) is 0 Å². The molecule has 0 spiro atoms. The first-order valence-corrected chi connectivity index (χ1v) is 7.10. The molecule has 0 aromatic heterocycles. The van der Waals surface area contributed by atoms with Crippen LogP contribution in [0.1, 0.15) is 13.3 Å². The van der Waals surface area contributed by atoms with Gasteiger partial charge in [0.25, 0.3) is 0 Å². The molecule has 1 heterocycles. The maximum absolute atomic E-state index is 13.4. The lowest BCUT2D eigenvalue weighted by Crippen LogP contribution is -2.67. The molecule has 0 radical (unpaired) electrons. The molecule has 1 aliphatic rings. The summed E-state index contributed by atoms with van der Waals surface area (Å²) in [7, 11) is -3.43. The number of carbonyl (C=O) groups is 1. The van der Waals surface area contributed by atoms with Crippen LogP contribution in [-0.4, -0.2) is 50.3 Å². The molecule has 0 saturated heterocycles. The second-order valence-electron chi connectivity index (χ2n) is 4.37. The first-order chi connectivity index (χ1) is 8.46. The lowest BCUT2D eigenvalue weighted by atomic mass is 9.87. The van der Waals surface area contributed by atoms with Gasteiger partial charge in [-0.05, 0) is 6.92 Å². The van der Waals surface area contributed by atoms with Crippen LogP contribution in [0, 0.1) is 0 Å². The van der Waals surface area contributed by atoms with E-state index in [-0.39, 0.29) is 9.88 Å². The van der Waals surface area contributed by atoms with Crippen molar-refractivity contribution < 1.29 is 31.1 Å². The van der Waals surface area contributed by atoms with Crippen LogP contribution in [0.25, 0.3) is 0 Å². The van der Waals surface area contributed by atoms with Gasteiger partial charge >= 0.3 is 12.1 Å². The van der Waals surface area contributed by atoms with Crippen molar-refractivity contribution in [1.29, 1.82) is 0 Å². The van der Waals surface area contributed by atoms with E-state index in [0.717, 1.165) is 7.11 Å². The van der Waals surface area contributed by atoms with Crippen LogP contribution >= 0.6 is 0 Å². The van der Waals surface area contributed by atoms with Crippen LogP contribution in [0.3, 0.4) is 0 Å². The number of esters is 1. The third kappa shape index (κ3) is 2.62. The Morgan fingerprint density at radius 3 is 2.37 bits per heavy atom. The zero-order chi connectivity index (χ0) is 15.1. The maximum Gasteiger partial charge on any atom is 0.418 e. The van der Waals surface area contributed by atoms with Crippen molar-refractivity contribution in [2.24, 2.45) is 0 Å². The normalized spacial score (nSPS) is 25.9. The summed E-state index contributed by atoms with van der Waals surface area (Å²) in [6.45, 7) is 0.891. The Labute approximate surface area is 109 Å². The van der Waals surface area contributed by atoms with E-state index in [9.17, 15) is 26.4 Å². The van der Waals surface area contributed by atoms with Crippen LogP contribution in [0.5, 0.6) is 0 Å². The third-order valence-electron chi connectivity index (χ3n) is 2.96. The van der Waals surface area contributed by atoms with Crippen LogP contribution in [0.2, 0.25) is 0 Å². The quantitative estimate of drug-likeness (QED) is 0.565. The van der Waals surface area contributed by atoms with Crippen LogP contribution in [0.4, 0.5) is 13.2 Å². The summed E-state index contributed by atoms with van der Waals surface area (Å²) in [6.07, 6.45) is -3.87. The molecule has 19 heavy (non-hydrogen) atoms. The summed E-state index contributed by atoms with van der Waals surface area (Å²) in [5.74, 6) is -1.63. The molecule has 0 aromatic rings. The number of hydrogen-bond donors (Lipinski definition) is 0. The van der Waals surface area contributed by atoms with E-state index >= 15 is 0 Å². The summed E-state index contributed by atoms with van der Waals surface area (Å²) in [5.41, 5.74) is -2.91. The van der Waals surface area contributed by atoms with Gasteiger partial charge in [0, 0.05) is 13.0 Å². The summed E-state index contributed by atoms with van der Waals surface area (Å²) in [6, 6.07) is 0. The number of hydrogen-bond acceptors (Lipinski definition) is 4. The van der Waals surface area contributed by atoms with Crippen molar-refractivity contribution in [2.75, 3.05) is 19.9 Å². The standard InChI is InChI=1S/C10H14F3NO4S/c1-7-4-5-14(19(3,16)17)9(6-7,8(15)18-2)10(11,12)13/h4H,5-6H2,1-3H3. The van der Waals surface area contributed by atoms with Gasteiger partial charge in [0.15, 0.2) is 0 Å². The van der Waals surface area contributed by atoms with E-state index < -0.39 is 40.7 Å². The van der Waals surface area contributed by atoms with Crippen molar-refractivity contribution in [3.8, 4) is 0 Å². The molecule has 1 rings (SSSR count). The second-order valence-corrected chi connectivity index (χ2v) is 6.28. The van der Waals surface area contributed by atoms with E-state index in [0.29, 0.717) is 6.26 Å². The fourth-order valence-corrected chi connectivity index (χ4v) is 3.23. The van der Waals surface area contributed by atoms with E-state index in [4.69, 9.17) is 0 Å². The van der Waals surface area contributed by atoms with Crippen molar-refractivity contribution >= 4 is 16.0 Å². The molecule has 0 N–H and O–H groups in total. The monoisotopic (exact) mass is 301 g/mol. The Morgan fingerprint density at radius 1 is 1.47 bits per heavy atom. The minimum absolute atomic E-state index is 0.138. The third-order valence-corrected chi connectivity index (χ3v) is 4.22. The van der Waals surface area contributed by atoms with Crippen LogP contribution < -0.4 is 0 Å². The summed E-state index contributed by atoms with van der Waals surface area (Å²) < 4.78 is 67.5. The number of carbonyl (C=O) groups excluding carboxylic acids is 1. The van der Waals surface area contributed by atoms with Gasteiger partial charge < -0.3 is 4.74 Å². The Balaban J connectivity index is 3.56. The predicted octanol–water partition coefficient (Wildman–Crippen LogP) is 1.07. The number of sulfonamides is 1. The topological polar surface area (TPSA) is 63.7 Å². The zero-order valence-corrected chi connectivity index (χ0v) is 11.4. The van der Waals surface area contributed by atoms with E-state index in [1.807, 2.05) is 0 Å². The molecular weight excluding hydrogens is 287 g/mol. The summed E-state index contributed by atoms with van der Waals surface area (Å²) in [4.78, 5) is 11.7. The highest BCUT2D eigenvalue weighted by Gasteiger charge is 2.67. The Kier molecular flexibility index (Phi) is 4.02. The highest BCUT2D eigenvalue weighted by Crippen LogP contribution is 2.44.